The van der Waals surface area contributed by atoms with Gasteiger partial charge in [0.2, 0.25) is 5.82 Å². The van der Waals surface area contributed by atoms with Crippen LogP contribution in [0.1, 0.15) is 29.5 Å². The normalized spacial score (nSPS) is 13.1. The molecule has 138 valence electrons. The molecule has 27 heavy (non-hydrogen) atoms. The van der Waals surface area contributed by atoms with E-state index in [1.54, 1.807) is 0 Å². The first-order valence-corrected chi connectivity index (χ1v) is 9.13. The number of rotatable bonds is 5. The number of hydrogen-bond donors (Lipinski definition) is 1. The van der Waals surface area contributed by atoms with Crippen LogP contribution in [0, 0.1) is 6.92 Å². The first-order chi connectivity index (χ1) is 13.2. The number of nitrogens with zero attached hydrogens (tertiary/aromatic N) is 2. The smallest absolute Gasteiger partial charge is 0.263 e. The van der Waals surface area contributed by atoms with Crippen LogP contribution in [0.25, 0.3) is 11.3 Å². The van der Waals surface area contributed by atoms with E-state index in [4.69, 9.17) is 9.37 Å². The summed E-state index contributed by atoms with van der Waals surface area (Å²) in [5.74, 6) is 0.637. The maximum Gasteiger partial charge on any atom is 0.263 e. The molecule has 0 spiro atoms. The van der Waals surface area contributed by atoms with Gasteiger partial charge in [0.1, 0.15) is 5.75 Å². The Morgan fingerprint density at radius 3 is 2.67 bits per heavy atom. The second-order valence-corrected chi connectivity index (χ2v) is 6.80. The molecule has 0 fully saturated rings. The summed E-state index contributed by atoms with van der Waals surface area (Å²) in [6.07, 6.45) is 4.63. The van der Waals surface area contributed by atoms with Crippen molar-refractivity contribution in [1.29, 1.82) is 0 Å². The Bertz CT molecular complexity index is 948. The fourth-order valence-corrected chi connectivity index (χ4v) is 3.29. The van der Waals surface area contributed by atoms with Gasteiger partial charge in [-0.05, 0) is 72.2 Å². The summed E-state index contributed by atoms with van der Waals surface area (Å²) in [5, 5.41) is 10.5. The molecule has 2 aromatic carbocycles. The summed E-state index contributed by atoms with van der Waals surface area (Å²) >= 11 is 0. The molecule has 0 bridgehead atoms. The third-order valence-electron chi connectivity index (χ3n) is 4.76. The number of aromatic nitrogens is 2. The number of carbonyl (C=O) groups excluding carboxylic acids is 1. The van der Waals surface area contributed by atoms with Gasteiger partial charge in [0.15, 0.2) is 12.3 Å². The zero-order valence-electron chi connectivity index (χ0n) is 15.2. The standard InChI is InChI=1S/C21H21N3O3/c1-14-6-10-18(11-7-14)26-13-19(25)22-21-20(23-27-24-21)17-9-8-15-4-2-3-5-16(15)12-17/h6-12H,2-5,13H2,1H3,(H,22,24,25). The molecule has 0 saturated carbocycles. The van der Waals surface area contributed by atoms with Crippen LogP contribution in [0.4, 0.5) is 5.82 Å². The number of ether oxygens (including phenoxy) is 1. The van der Waals surface area contributed by atoms with Crippen molar-refractivity contribution >= 4 is 11.7 Å². The average Bonchev–Trinajstić information content (AvgIpc) is 3.15. The van der Waals surface area contributed by atoms with E-state index in [1.807, 2.05) is 37.3 Å². The van der Waals surface area contributed by atoms with Crippen LogP contribution in [0.2, 0.25) is 0 Å². The Labute approximate surface area is 157 Å². The van der Waals surface area contributed by atoms with E-state index in [0.717, 1.165) is 24.0 Å². The van der Waals surface area contributed by atoms with E-state index in [0.29, 0.717) is 17.3 Å². The Balaban J connectivity index is 1.44. The van der Waals surface area contributed by atoms with Crippen LogP contribution in [0.5, 0.6) is 5.75 Å². The number of benzene rings is 2. The lowest BCUT2D eigenvalue weighted by Gasteiger charge is -2.16. The van der Waals surface area contributed by atoms with Crippen molar-refractivity contribution in [3.05, 3.63) is 59.2 Å². The third kappa shape index (κ3) is 4.00. The van der Waals surface area contributed by atoms with Gasteiger partial charge in [-0.15, -0.1) is 0 Å². The second-order valence-electron chi connectivity index (χ2n) is 6.80. The molecular weight excluding hydrogens is 342 g/mol. The van der Waals surface area contributed by atoms with Crippen LogP contribution in [0.3, 0.4) is 0 Å². The number of anilines is 1. The van der Waals surface area contributed by atoms with E-state index in [1.165, 1.54) is 24.0 Å². The summed E-state index contributed by atoms with van der Waals surface area (Å²) in [4.78, 5) is 12.2. The fourth-order valence-electron chi connectivity index (χ4n) is 3.29. The predicted octanol–water partition coefficient (Wildman–Crippen LogP) is 3.94. The van der Waals surface area contributed by atoms with Crippen molar-refractivity contribution < 1.29 is 14.2 Å². The highest BCUT2D eigenvalue weighted by Crippen LogP contribution is 2.29. The van der Waals surface area contributed by atoms with Gasteiger partial charge in [-0.3, -0.25) is 4.79 Å². The monoisotopic (exact) mass is 363 g/mol. The molecule has 1 aliphatic rings. The van der Waals surface area contributed by atoms with Gasteiger partial charge >= 0.3 is 0 Å². The molecule has 0 atom stereocenters. The van der Waals surface area contributed by atoms with Gasteiger partial charge in [-0.2, -0.15) is 0 Å². The molecule has 1 aliphatic carbocycles. The van der Waals surface area contributed by atoms with Crippen LogP contribution < -0.4 is 10.1 Å². The highest BCUT2D eigenvalue weighted by atomic mass is 16.6. The van der Waals surface area contributed by atoms with E-state index >= 15 is 0 Å². The molecule has 1 N–H and O–H groups in total. The molecule has 1 aromatic heterocycles. The molecule has 0 aliphatic heterocycles. The lowest BCUT2D eigenvalue weighted by Crippen LogP contribution is -2.20. The van der Waals surface area contributed by atoms with Crippen molar-refractivity contribution in [2.45, 2.75) is 32.6 Å². The lowest BCUT2D eigenvalue weighted by molar-refractivity contribution is -0.118. The maximum absolute atomic E-state index is 12.2. The van der Waals surface area contributed by atoms with Crippen LogP contribution in [-0.2, 0) is 17.6 Å². The predicted molar refractivity (Wildman–Crippen MR) is 102 cm³/mol. The summed E-state index contributed by atoms with van der Waals surface area (Å²) in [5.41, 5.74) is 5.29. The van der Waals surface area contributed by atoms with E-state index in [2.05, 4.69) is 27.8 Å². The Morgan fingerprint density at radius 1 is 1.07 bits per heavy atom. The van der Waals surface area contributed by atoms with Gasteiger partial charge < -0.3 is 10.1 Å². The Morgan fingerprint density at radius 2 is 1.85 bits per heavy atom. The molecule has 6 heteroatoms. The molecule has 3 aromatic rings. The summed E-state index contributed by atoms with van der Waals surface area (Å²) in [7, 11) is 0. The van der Waals surface area contributed by atoms with Gasteiger partial charge in [-0.1, -0.05) is 29.8 Å². The van der Waals surface area contributed by atoms with Gasteiger partial charge in [-0.25, -0.2) is 4.63 Å². The lowest BCUT2D eigenvalue weighted by atomic mass is 9.90. The number of hydrogen-bond acceptors (Lipinski definition) is 5. The SMILES string of the molecule is Cc1ccc(OCC(=O)Nc2nonc2-c2ccc3c(c2)CCCC3)cc1. The molecule has 0 radical (unpaired) electrons. The van der Waals surface area contributed by atoms with E-state index < -0.39 is 0 Å². The summed E-state index contributed by atoms with van der Waals surface area (Å²) < 4.78 is 10.4. The molecule has 0 saturated heterocycles. The minimum absolute atomic E-state index is 0.112. The molecule has 1 amide bonds. The molecule has 4 rings (SSSR count). The average molecular weight is 363 g/mol. The van der Waals surface area contributed by atoms with Crippen LogP contribution in [-0.4, -0.2) is 22.8 Å². The first-order valence-electron chi connectivity index (χ1n) is 9.13. The van der Waals surface area contributed by atoms with Crippen molar-refractivity contribution in [2.75, 3.05) is 11.9 Å². The van der Waals surface area contributed by atoms with Crippen molar-refractivity contribution in [2.24, 2.45) is 0 Å². The zero-order chi connectivity index (χ0) is 18.6. The Kier molecular flexibility index (Phi) is 4.87. The van der Waals surface area contributed by atoms with Crippen molar-refractivity contribution in [1.82, 2.24) is 10.3 Å². The van der Waals surface area contributed by atoms with Crippen LogP contribution in [0.15, 0.2) is 47.1 Å². The maximum atomic E-state index is 12.2. The molecular formula is C21H21N3O3. The minimum Gasteiger partial charge on any atom is -0.484 e. The quantitative estimate of drug-likeness (QED) is 0.743. The molecule has 6 nitrogen and oxygen atoms in total. The number of aryl methyl sites for hydroxylation is 3. The van der Waals surface area contributed by atoms with E-state index in [-0.39, 0.29) is 12.5 Å². The summed E-state index contributed by atoms with van der Waals surface area (Å²) in [6, 6.07) is 13.8. The first kappa shape index (κ1) is 17.3. The van der Waals surface area contributed by atoms with Crippen LogP contribution >= 0.6 is 0 Å². The fraction of sp³-hybridized carbons (Fsp3) is 0.286. The highest BCUT2D eigenvalue weighted by Gasteiger charge is 2.18. The zero-order valence-corrected chi connectivity index (χ0v) is 15.2. The number of amides is 1. The largest absolute Gasteiger partial charge is 0.484 e. The summed E-state index contributed by atoms with van der Waals surface area (Å²) in [6.45, 7) is 1.88. The number of carbonyl (C=O) groups is 1. The number of fused-ring (bicyclic) bond motifs is 1. The second kappa shape index (κ2) is 7.61. The van der Waals surface area contributed by atoms with E-state index in [9.17, 15) is 4.79 Å². The van der Waals surface area contributed by atoms with Gasteiger partial charge in [0.25, 0.3) is 5.91 Å². The Hall–Kier alpha value is -3.15. The van der Waals surface area contributed by atoms with Gasteiger partial charge in [0, 0.05) is 5.56 Å². The highest BCUT2D eigenvalue weighted by molar-refractivity contribution is 5.94. The molecule has 1 heterocycles. The molecule has 0 unspecified atom stereocenters. The van der Waals surface area contributed by atoms with Crippen molar-refractivity contribution in [3.63, 3.8) is 0 Å². The minimum atomic E-state index is -0.314. The van der Waals surface area contributed by atoms with Gasteiger partial charge in [0.05, 0.1) is 0 Å². The number of nitrogens with one attached hydrogen (secondary N) is 1. The van der Waals surface area contributed by atoms with Crippen molar-refractivity contribution in [3.8, 4) is 17.0 Å². The third-order valence-corrected chi connectivity index (χ3v) is 4.76. The topological polar surface area (TPSA) is 77.2 Å².